The van der Waals surface area contributed by atoms with Gasteiger partial charge in [-0.1, -0.05) is 37.3 Å². The lowest BCUT2D eigenvalue weighted by atomic mass is 9.82. The Kier molecular flexibility index (Phi) is 15.0. The van der Waals surface area contributed by atoms with Crippen LogP contribution in [0.2, 0.25) is 0 Å². The molecule has 53 heavy (non-hydrogen) atoms. The molecule has 12 nitrogen and oxygen atoms in total. The number of nitrogens with one attached hydrogen (secondary N) is 1. The first-order valence-corrected chi connectivity index (χ1v) is 16.7. The second-order valence-corrected chi connectivity index (χ2v) is 12.7. The van der Waals surface area contributed by atoms with E-state index in [2.05, 4.69) is 16.5 Å². The van der Waals surface area contributed by atoms with Crippen LogP contribution in [-0.2, 0) is 33.0 Å². The van der Waals surface area contributed by atoms with Crippen molar-refractivity contribution in [3.05, 3.63) is 118 Å². The number of carbonyl (C=O) groups is 2. The molecule has 5 aromatic rings. The molecule has 2 N–H and O–H groups in total. The van der Waals surface area contributed by atoms with E-state index in [-0.39, 0.29) is 50.1 Å². The number of nitriles is 1. The zero-order valence-corrected chi connectivity index (χ0v) is 31.5. The Morgan fingerprint density at radius 1 is 1.15 bits per heavy atom. The number of hydrogen-bond donors (Lipinski definition) is 2. The molecule has 0 saturated heterocycles. The molecule has 0 bridgehead atoms. The third-order valence-corrected chi connectivity index (χ3v) is 9.37. The SMILES string of the molecule is CNCC(=O)OCc1ccccc1N(C)C(=O)OC(C)[n+]1cnn(CC(O)(c2cc(F)ccc2F)C(C)c2nc(-c3ccc(C#N)cc3)cs2)c1.Cl.[Cl-]. The minimum Gasteiger partial charge on any atom is -1.00 e. The summed E-state index contributed by atoms with van der Waals surface area (Å²) in [5.74, 6) is -2.82. The van der Waals surface area contributed by atoms with Gasteiger partial charge in [0, 0.05) is 47.1 Å². The van der Waals surface area contributed by atoms with Crippen LogP contribution < -0.4 is 27.2 Å². The van der Waals surface area contributed by atoms with Crippen LogP contribution in [0.5, 0.6) is 0 Å². The lowest BCUT2D eigenvalue weighted by Crippen LogP contribution is -3.00. The van der Waals surface area contributed by atoms with Crippen LogP contribution in [0.15, 0.2) is 84.8 Å². The van der Waals surface area contributed by atoms with Gasteiger partial charge in [0.15, 0.2) is 0 Å². The number of thiazole rings is 1. The molecule has 0 aliphatic carbocycles. The largest absolute Gasteiger partial charge is 1.00 e. The van der Waals surface area contributed by atoms with E-state index >= 15 is 4.39 Å². The fourth-order valence-corrected chi connectivity index (χ4v) is 6.35. The molecule has 3 aromatic carbocycles. The lowest BCUT2D eigenvalue weighted by Gasteiger charge is -2.32. The van der Waals surface area contributed by atoms with Crippen molar-refractivity contribution in [2.24, 2.45) is 0 Å². The highest BCUT2D eigenvalue weighted by atomic mass is 35.5. The first-order valence-electron chi connectivity index (χ1n) is 15.8. The topological polar surface area (TPSA) is 146 Å². The van der Waals surface area contributed by atoms with Crippen molar-refractivity contribution < 1.29 is 49.9 Å². The Bertz CT molecular complexity index is 2060. The first kappa shape index (κ1) is 42.4. The molecule has 2 aromatic heterocycles. The zero-order chi connectivity index (χ0) is 36.7. The van der Waals surface area contributed by atoms with Crippen molar-refractivity contribution in [2.45, 2.75) is 44.7 Å². The molecule has 2 heterocycles. The summed E-state index contributed by atoms with van der Waals surface area (Å²) >= 11 is 1.25. The first-order chi connectivity index (χ1) is 24.4. The Hall–Kier alpha value is -4.98. The molecular weight excluding hydrogens is 751 g/mol. The Balaban J connectivity index is 0.00000378. The third-order valence-electron chi connectivity index (χ3n) is 8.34. The number of aliphatic hydroxyl groups is 1. The summed E-state index contributed by atoms with van der Waals surface area (Å²) in [5.41, 5.74) is 0.618. The van der Waals surface area contributed by atoms with Gasteiger partial charge in [-0.2, -0.15) is 9.83 Å². The molecule has 0 aliphatic heterocycles. The quantitative estimate of drug-likeness (QED) is 0.136. The Morgan fingerprint density at radius 2 is 1.87 bits per heavy atom. The van der Waals surface area contributed by atoms with Crippen molar-refractivity contribution in [2.75, 3.05) is 25.5 Å². The summed E-state index contributed by atoms with van der Waals surface area (Å²) in [5, 5.41) is 30.7. The van der Waals surface area contributed by atoms with Gasteiger partial charge in [0.05, 0.1) is 34.6 Å². The molecular formula is C36H37Cl2F2N7O5S. The van der Waals surface area contributed by atoms with Crippen LogP contribution in [0.4, 0.5) is 19.3 Å². The van der Waals surface area contributed by atoms with Gasteiger partial charge < -0.3 is 32.3 Å². The van der Waals surface area contributed by atoms with E-state index in [4.69, 9.17) is 19.7 Å². The van der Waals surface area contributed by atoms with E-state index in [1.807, 2.05) is 0 Å². The molecule has 280 valence electrons. The Morgan fingerprint density at radius 3 is 2.57 bits per heavy atom. The summed E-state index contributed by atoms with van der Waals surface area (Å²) in [6.45, 7) is 2.97. The molecule has 3 unspecified atom stereocenters. The normalized spacial score (nSPS) is 12.9. The second-order valence-electron chi connectivity index (χ2n) is 11.8. The van der Waals surface area contributed by atoms with Crippen LogP contribution in [-0.4, -0.2) is 52.6 Å². The van der Waals surface area contributed by atoms with Gasteiger partial charge in [0.25, 0.3) is 6.33 Å². The summed E-state index contributed by atoms with van der Waals surface area (Å²) < 4.78 is 43.6. The van der Waals surface area contributed by atoms with Gasteiger partial charge in [0.2, 0.25) is 12.6 Å². The average Bonchev–Trinajstić information content (AvgIpc) is 3.82. The molecule has 17 heteroatoms. The minimum atomic E-state index is -2.03. The molecule has 1 amide bonds. The monoisotopic (exact) mass is 787 g/mol. The number of para-hydroxylation sites is 1. The summed E-state index contributed by atoms with van der Waals surface area (Å²) in [4.78, 5) is 31.0. The molecule has 5 rings (SSSR count). The predicted molar refractivity (Wildman–Crippen MR) is 190 cm³/mol. The van der Waals surface area contributed by atoms with E-state index in [0.29, 0.717) is 27.5 Å². The summed E-state index contributed by atoms with van der Waals surface area (Å²) in [6.07, 6.45) is 1.28. The van der Waals surface area contributed by atoms with Crippen molar-refractivity contribution >= 4 is 41.5 Å². The molecule has 0 fully saturated rings. The number of hydrogen-bond acceptors (Lipinski definition) is 10. The maximum Gasteiger partial charge on any atom is 0.416 e. The van der Waals surface area contributed by atoms with Crippen molar-refractivity contribution in [3.63, 3.8) is 0 Å². The minimum absolute atomic E-state index is 0. The molecule has 0 aliphatic rings. The average molecular weight is 789 g/mol. The van der Waals surface area contributed by atoms with Gasteiger partial charge in [-0.25, -0.2) is 18.6 Å². The fraction of sp³-hybridized carbons (Fsp3) is 0.278. The van der Waals surface area contributed by atoms with Crippen LogP contribution in [0.1, 0.15) is 47.7 Å². The summed E-state index contributed by atoms with van der Waals surface area (Å²) in [7, 11) is 3.16. The number of amides is 1. The smallest absolute Gasteiger partial charge is 0.416 e. The number of carbonyl (C=O) groups excluding carboxylic acids is 2. The number of halogens is 4. The van der Waals surface area contributed by atoms with Crippen LogP contribution >= 0.6 is 23.7 Å². The van der Waals surface area contributed by atoms with E-state index in [0.717, 1.165) is 23.8 Å². The molecule has 3 atom stereocenters. The molecule has 0 saturated carbocycles. The maximum absolute atomic E-state index is 15.3. The van der Waals surface area contributed by atoms with Gasteiger partial charge in [-0.15, -0.1) is 28.4 Å². The van der Waals surface area contributed by atoms with Crippen molar-refractivity contribution in [3.8, 4) is 17.3 Å². The van der Waals surface area contributed by atoms with Crippen LogP contribution in [0.25, 0.3) is 11.3 Å². The highest BCUT2D eigenvalue weighted by Gasteiger charge is 2.43. The number of aromatic nitrogens is 4. The van der Waals surface area contributed by atoms with E-state index in [1.165, 1.54) is 45.2 Å². The molecule has 0 spiro atoms. The van der Waals surface area contributed by atoms with Gasteiger partial charge in [-0.05, 0) is 43.4 Å². The number of likely N-dealkylation sites (N-methyl/N-ethyl adjacent to an activating group) is 1. The standard InChI is InChI=1S/C36H36F2N7O5S.2ClH/c1-23(34-42-31(19-51-34)26-11-9-25(16-39)10-12-26)36(48,29-15-28(37)13-14-30(29)38)20-45-22-44(21-41-45)24(2)50-35(47)43(4)32-8-6-5-7-27(32)18-49-33(46)17-40-3;;/h5-15,19,21-24,40,48H,17-18,20H2,1-4H3;2*1H/q+1;;/p-1. The highest BCUT2D eigenvalue weighted by molar-refractivity contribution is 7.10. The van der Waals surface area contributed by atoms with E-state index in [1.54, 1.807) is 74.8 Å². The van der Waals surface area contributed by atoms with E-state index in [9.17, 15) is 19.1 Å². The number of ether oxygens (including phenoxy) is 2. The number of esters is 1. The fourth-order valence-electron chi connectivity index (χ4n) is 5.38. The number of nitrogens with zero attached hydrogens (tertiary/aromatic N) is 6. The number of anilines is 1. The van der Waals surface area contributed by atoms with Gasteiger partial charge in [-0.3, -0.25) is 9.69 Å². The number of benzene rings is 3. The molecule has 0 radical (unpaired) electrons. The number of rotatable bonds is 13. The second kappa shape index (κ2) is 18.7. The van der Waals surface area contributed by atoms with Gasteiger partial charge >= 0.3 is 12.1 Å². The van der Waals surface area contributed by atoms with Crippen molar-refractivity contribution in [1.82, 2.24) is 20.1 Å². The van der Waals surface area contributed by atoms with E-state index < -0.39 is 41.4 Å². The van der Waals surface area contributed by atoms with Crippen LogP contribution in [0, 0.1) is 23.0 Å². The van der Waals surface area contributed by atoms with Crippen molar-refractivity contribution in [1.29, 1.82) is 5.26 Å². The third kappa shape index (κ3) is 9.92. The summed E-state index contributed by atoms with van der Waals surface area (Å²) in [6, 6.07) is 18.8. The lowest BCUT2D eigenvalue weighted by molar-refractivity contribution is -0.753. The predicted octanol–water partition coefficient (Wildman–Crippen LogP) is 2.62. The zero-order valence-electron chi connectivity index (χ0n) is 29.1. The highest BCUT2D eigenvalue weighted by Crippen LogP contribution is 2.41. The maximum atomic E-state index is 15.3. The van der Waals surface area contributed by atoms with Crippen LogP contribution in [0.3, 0.4) is 0 Å². The van der Waals surface area contributed by atoms with Gasteiger partial charge in [0.1, 0.15) is 30.4 Å². The Labute approximate surface area is 321 Å².